The van der Waals surface area contributed by atoms with Crippen LogP contribution in [0, 0.1) is 5.92 Å². The first-order valence-electron chi connectivity index (χ1n) is 10.7. The lowest BCUT2D eigenvalue weighted by Gasteiger charge is -2.24. The van der Waals surface area contributed by atoms with Gasteiger partial charge in [0.1, 0.15) is 23.2 Å². The summed E-state index contributed by atoms with van der Waals surface area (Å²) >= 11 is 6.28. The number of halogens is 1. The van der Waals surface area contributed by atoms with Crippen LogP contribution in [-0.2, 0) is 19.1 Å². The maximum absolute atomic E-state index is 12.4. The van der Waals surface area contributed by atoms with Crippen molar-refractivity contribution in [2.24, 2.45) is 11.1 Å². The van der Waals surface area contributed by atoms with Crippen LogP contribution in [-0.4, -0.2) is 42.2 Å². The Bertz CT molecular complexity index is 784. The molecule has 6 nitrogen and oxygen atoms in total. The smallest absolute Gasteiger partial charge is 0.347 e. The lowest BCUT2D eigenvalue weighted by Crippen LogP contribution is -2.36. The van der Waals surface area contributed by atoms with Crippen molar-refractivity contribution in [3.63, 3.8) is 0 Å². The van der Waals surface area contributed by atoms with Crippen LogP contribution in [0.2, 0.25) is 5.02 Å². The highest BCUT2D eigenvalue weighted by Gasteiger charge is 2.46. The van der Waals surface area contributed by atoms with E-state index in [1.54, 1.807) is 25.1 Å². The second-order valence-electron chi connectivity index (χ2n) is 8.96. The number of nitrogens with zero attached hydrogens (tertiary/aromatic N) is 1. The van der Waals surface area contributed by atoms with E-state index in [-0.39, 0.29) is 12.2 Å². The maximum atomic E-state index is 12.4. The molecule has 1 fully saturated rings. The van der Waals surface area contributed by atoms with Gasteiger partial charge >= 0.3 is 5.97 Å². The van der Waals surface area contributed by atoms with Gasteiger partial charge in [0.05, 0.1) is 0 Å². The van der Waals surface area contributed by atoms with E-state index in [1.165, 1.54) is 0 Å². The Labute approximate surface area is 183 Å². The molecule has 30 heavy (non-hydrogen) atoms. The Morgan fingerprint density at radius 2 is 2.07 bits per heavy atom. The molecule has 0 spiro atoms. The van der Waals surface area contributed by atoms with Crippen molar-refractivity contribution in [1.82, 2.24) is 0 Å². The van der Waals surface area contributed by atoms with E-state index >= 15 is 0 Å². The van der Waals surface area contributed by atoms with Gasteiger partial charge in [0, 0.05) is 23.1 Å². The molecule has 0 radical (unpaired) electrons. The molecule has 0 amide bonds. The Balaban J connectivity index is 1.82. The summed E-state index contributed by atoms with van der Waals surface area (Å²) < 4.78 is 17.6. The van der Waals surface area contributed by atoms with Gasteiger partial charge in [-0.15, -0.1) is 0 Å². The molecule has 1 heterocycles. The molecule has 1 aromatic rings. The molecule has 1 aromatic carbocycles. The molecule has 166 valence electrons. The van der Waals surface area contributed by atoms with Gasteiger partial charge in [-0.1, -0.05) is 30.1 Å². The predicted molar refractivity (Wildman–Crippen MR) is 116 cm³/mol. The predicted octanol–water partition coefficient (Wildman–Crippen LogP) is 5.15. The number of unbranched alkanes of at least 4 members (excludes halogenated alkanes) is 1. The Morgan fingerprint density at radius 3 is 2.70 bits per heavy atom. The summed E-state index contributed by atoms with van der Waals surface area (Å²) in [6.45, 7) is 9.91. The Morgan fingerprint density at radius 1 is 1.33 bits per heavy atom. The first-order valence-corrected chi connectivity index (χ1v) is 11.1. The van der Waals surface area contributed by atoms with E-state index in [1.807, 2.05) is 20.8 Å². The third kappa shape index (κ3) is 5.88. The quantitative estimate of drug-likeness (QED) is 0.395. The highest BCUT2D eigenvalue weighted by molar-refractivity contribution is 6.31. The van der Waals surface area contributed by atoms with E-state index in [9.17, 15) is 4.79 Å². The molecule has 3 atom stereocenters. The van der Waals surface area contributed by atoms with Gasteiger partial charge in [-0.05, 0) is 65.2 Å². The fraction of sp³-hybridized carbons (Fsp3) is 0.652. The number of esters is 1. The summed E-state index contributed by atoms with van der Waals surface area (Å²) in [5, 5.41) is 4.91. The van der Waals surface area contributed by atoms with Gasteiger partial charge in [0.25, 0.3) is 0 Å². The molecule has 2 unspecified atom stereocenters. The van der Waals surface area contributed by atoms with Crippen LogP contribution in [0.25, 0.3) is 0 Å². The second kappa shape index (κ2) is 9.56. The number of ether oxygens (including phenoxy) is 3. The van der Waals surface area contributed by atoms with E-state index in [4.69, 9.17) is 30.6 Å². The minimum Gasteiger partial charge on any atom is -0.478 e. The van der Waals surface area contributed by atoms with Gasteiger partial charge in [-0.3, -0.25) is 0 Å². The molecule has 2 aliphatic rings. The lowest BCUT2D eigenvalue weighted by molar-refractivity contribution is -0.162. The number of hydrogen-bond acceptors (Lipinski definition) is 6. The molecular weight excluding hydrogens is 406 g/mol. The normalized spacial score (nSPS) is 22.3. The lowest BCUT2D eigenvalue weighted by atomic mass is 9.98. The van der Waals surface area contributed by atoms with Crippen molar-refractivity contribution < 1.29 is 23.8 Å². The largest absolute Gasteiger partial charge is 0.478 e. The van der Waals surface area contributed by atoms with Crippen LogP contribution < -0.4 is 4.74 Å². The van der Waals surface area contributed by atoms with Crippen LogP contribution >= 0.6 is 11.6 Å². The summed E-state index contributed by atoms with van der Waals surface area (Å²) in [4.78, 5) is 18.2. The van der Waals surface area contributed by atoms with E-state index in [0.717, 1.165) is 25.7 Å². The number of carbonyl (C=O) groups excluding carboxylic acids is 1. The highest BCUT2D eigenvalue weighted by atomic mass is 35.5. The summed E-state index contributed by atoms with van der Waals surface area (Å²) in [7, 11) is 0. The zero-order valence-corrected chi connectivity index (χ0v) is 19.2. The third-order valence-electron chi connectivity index (χ3n) is 4.98. The number of hydrogen-bond donors (Lipinski definition) is 0. The van der Waals surface area contributed by atoms with Crippen molar-refractivity contribution >= 4 is 23.3 Å². The van der Waals surface area contributed by atoms with E-state index in [2.05, 4.69) is 12.1 Å². The van der Waals surface area contributed by atoms with E-state index < -0.39 is 17.7 Å². The number of rotatable bonds is 9. The average Bonchev–Trinajstić information content (AvgIpc) is 3.42. The molecular formula is C23H32ClNO5. The molecule has 3 rings (SSSR count). The van der Waals surface area contributed by atoms with Crippen molar-refractivity contribution in [3.05, 3.63) is 28.8 Å². The van der Waals surface area contributed by atoms with Crippen LogP contribution in [0.15, 0.2) is 23.4 Å². The zero-order chi connectivity index (χ0) is 21.9. The number of oxime groups is 1. The molecule has 0 bridgehead atoms. The monoisotopic (exact) mass is 437 g/mol. The Hall–Kier alpha value is -1.79. The molecule has 1 aliphatic carbocycles. The minimum atomic E-state index is -0.786. The van der Waals surface area contributed by atoms with Crippen LogP contribution in [0.3, 0.4) is 0 Å². The van der Waals surface area contributed by atoms with Crippen molar-refractivity contribution in [2.45, 2.75) is 84.2 Å². The Kier molecular flexibility index (Phi) is 7.30. The SMILES string of the molecule is CCCCOC1C(c2cc(Cl)ccc2O[C@@H](C)C(=O)OC(C)(C)C)=NOC1C1CC1. The third-order valence-corrected chi connectivity index (χ3v) is 5.22. The molecule has 1 saturated carbocycles. The fourth-order valence-electron chi connectivity index (χ4n) is 3.30. The summed E-state index contributed by atoms with van der Waals surface area (Å²) in [6, 6.07) is 5.25. The first kappa shape index (κ1) is 22.9. The highest BCUT2D eigenvalue weighted by Crippen LogP contribution is 2.41. The fourth-order valence-corrected chi connectivity index (χ4v) is 3.47. The van der Waals surface area contributed by atoms with Crippen LogP contribution in [0.4, 0.5) is 0 Å². The zero-order valence-electron chi connectivity index (χ0n) is 18.4. The van der Waals surface area contributed by atoms with Gasteiger partial charge in [-0.2, -0.15) is 0 Å². The van der Waals surface area contributed by atoms with E-state index in [0.29, 0.717) is 34.6 Å². The van der Waals surface area contributed by atoms with Crippen molar-refractivity contribution in [2.75, 3.05) is 6.61 Å². The van der Waals surface area contributed by atoms with Gasteiger partial charge in [0.15, 0.2) is 12.2 Å². The number of carbonyl (C=O) groups is 1. The molecule has 1 aliphatic heterocycles. The number of benzene rings is 1. The van der Waals surface area contributed by atoms with Gasteiger partial charge in [0.2, 0.25) is 0 Å². The summed E-state index contributed by atoms with van der Waals surface area (Å²) in [5.41, 5.74) is 0.760. The van der Waals surface area contributed by atoms with Crippen LogP contribution in [0.1, 0.15) is 65.9 Å². The topological polar surface area (TPSA) is 66.4 Å². The van der Waals surface area contributed by atoms with Crippen molar-refractivity contribution in [3.8, 4) is 5.75 Å². The first-order chi connectivity index (χ1) is 14.2. The summed E-state index contributed by atoms with van der Waals surface area (Å²) in [6.07, 6.45) is 3.10. The molecule has 0 aromatic heterocycles. The average molecular weight is 438 g/mol. The standard InChI is InChI=1S/C23H32ClNO5/c1-6-7-12-27-21-19(25-30-20(21)15-8-9-15)17-13-16(24)10-11-18(17)28-14(2)22(26)29-23(3,4)5/h10-11,13-15,20-21H,6-9,12H2,1-5H3/t14-,20?,21?/m0/s1. The van der Waals surface area contributed by atoms with Gasteiger partial charge < -0.3 is 19.0 Å². The molecule has 0 saturated heterocycles. The van der Waals surface area contributed by atoms with Crippen LogP contribution in [0.5, 0.6) is 5.75 Å². The maximum Gasteiger partial charge on any atom is 0.347 e. The van der Waals surface area contributed by atoms with Crippen molar-refractivity contribution in [1.29, 1.82) is 0 Å². The summed E-state index contributed by atoms with van der Waals surface area (Å²) in [5.74, 6) is 0.530. The van der Waals surface area contributed by atoms with Gasteiger partial charge in [-0.25, -0.2) is 4.79 Å². The molecule has 7 heteroatoms. The second-order valence-corrected chi connectivity index (χ2v) is 9.40. The molecule has 0 N–H and O–H groups in total. The minimum absolute atomic E-state index is 0.0908.